The lowest BCUT2D eigenvalue weighted by Gasteiger charge is -2.16. The van der Waals surface area contributed by atoms with E-state index in [1.54, 1.807) is 24.3 Å². The van der Waals surface area contributed by atoms with Crippen LogP contribution in [0.15, 0.2) is 62.5 Å². The van der Waals surface area contributed by atoms with E-state index in [4.69, 9.17) is 4.42 Å². The van der Waals surface area contributed by atoms with E-state index in [2.05, 4.69) is 15.2 Å². The largest absolute Gasteiger partial charge is 0.453 e. The van der Waals surface area contributed by atoms with Gasteiger partial charge in [-0.2, -0.15) is 0 Å². The average molecular weight is 454 g/mol. The van der Waals surface area contributed by atoms with Crippen LogP contribution in [-0.4, -0.2) is 36.1 Å². The van der Waals surface area contributed by atoms with Crippen LogP contribution in [-0.2, 0) is 0 Å². The molecule has 1 aliphatic rings. The Bertz CT molecular complexity index is 1680. The number of hydrogen-bond donors (Lipinski definition) is 2. The van der Waals surface area contributed by atoms with E-state index in [-0.39, 0.29) is 10.9 Å². The summed E-state index contributed by atoms with van der Waals surface area (Å²) in [4.78, 5) is 33.2. The number of nitrogens with zero attached hydrogens (tertiary/aromatic N) is 1. The normalized spacial score (nSPS) is 14.6. The highest BCUT2D eigenvalue weighted by Crippen LogP contribution is 2.31. The predicted octanol–water partition coefficient (Wildman–Crippen LogP) is 5.15. The molecule has 0 spiro atoms. The Morgan fingerprint density at radius 1 is 0.912 bits per heavy atom. The maximum Gasteiger partial charge on any atom is 0.196 e. The van der Waals surface area contributed by atoms with Crippen LogP contribution < -0.4 is 16.2 Å². The third-order valence-corrected chi connectivity index (χ3v) is 7.03. The van der Waals surface area contributed by atoms with Gasteiger partial charge in [0.1, 0.15) is 0 Å². The number of fused-ring (bicyclic) bond motifs is 5. The summed E-state index contributed by atoms with van der Waals surface area (Å²) in [7, 11) is 0. The predicted molar refractivity (Wildman–Crippen MR) is 139 cm³/mol. The lowest BCUT2D eigenvalue weighted by Crippen LogP contribution is -2.22. The van der Waals surface area contributed by atoms with Crippen molar-refractivity contribution in [2.75, 3.05) is 31.5 Å². The second-order valence-electron chi connectivity index (χ2n) is 9.26. The molecule has 1 aromatic heterocycles. The first-order chi connectivity index (χ1) is 16.6. The summed E-state index contributed by atoms with van der Waals surface area (Å²) in [6, 6.07) is 14.8. The molecule has 172 valence electrons. The van der Waals surface area contributed by atoms with Crippen LogP contribution in [0.3, 0.4) is 0 Å². The van der Waals surface area contributed by atoms with Gasteiger partial charge in [0.05, 0.1) is 21.8 Å². The standard InChI is InChI=1S/C28H27N3O3/c1-17-8-6-11-21-25(17)30-26-22(34-21)16-20(29-12-7-15-31-13-4-5-14-31)23-24(26)28(33)19-10-3-2-9-18(19)27(23)32/h2-3,6,8-11,16,29-30H,4-5,7,12-15H2,1H3. The lowest BCUT2D eigenvalue weighted by molar-refractivity contribution is 0.337. The number of anilines is 1. The average Bonchev–Trinajstić information content (AvgIpc) is 3.37. The maximum absolute atomic E-state index is 13.7. The fraction of sp³-hybridized carbons (Fsp3) is 0.286. The summed E-state index contributed by atoms with van der Waals surface area (Å²) in [5.41, 5.74) is 4.02. The molecule has 0 saturated carbocycles. The van der Waals surface area contributed by atoms with Crippen molar-refractivity contribution < 1.29 is 4.42 Å². The molecule has 0 aliphatic carbocycles. The second kappa shape index (κ2) is 8.29. The molecule has 0 amide bonds. The Morgan fingerprint density at radius 3 is 2.41 bits per heavy atom. The van der Waals surface area contributed by atoms with E-state index in [0.717, 1.165) is 37.1 Å². The van der Waals surface area contributed by atoms with Crippen LogP contribution in [0.5, 0.6) is 0 Å². The molecule has 1 aliphatic heterocycles. The molecule has 0 atom stereocenters. The third-order valence-electron chi connectivity index (χ3n) is 7.03. The quantitative estimate of drug-likeness (QED) is 0.219. The van der Waals surface area contributed by atoms with Gasteiger partial charge in [-0.05, 0) is 57.5 Å². The molecule has 5 aromatic rings. The summed E-state index contributed by atoms with van der Waals surface area (Å²) in [6.07, 6.45) is 3.51. The number of likely N-dealkylation sites (tertiary alicyclic amines) is 1. The molecule has 0 radical (unpaired) electrons. The molecule has 6 rings (SSSR count). The van der Waals surface area contributed by atoms with Gasteiger partial charge in [-0.25, -0.2) is 0 Å². The van der Waals surface area contributed by atoms with E-state index in [0.29, 0.717) is 50.5 Å². The van der Waals surface area contributed by atoms with Crippen molar-refractivity contribution in [3.63, 3.8) is 0 Å². The molecular formula is C28H27N3O3. The number of benzene rings is 4. The topological polar surface area (TPSA) is 78.3 Å². The fourth-order valence-corrected chi connectivity index (χ4v) is 5.28. The van der Waals surface area contributed by atoms with Crippen molar-refractivity contribution >= 4 is 49.4 Å². The van der Waals surface area contributed by atoms with Gasteiger partial charge in [-0.15, -0.1) is 0 Å². The molecule has 6 heteroatoms. The number of nitrogens with one attached hydrogen (secondary N) is 2. The van der Waals surface area contributed by atoms with Gasteiger partial charge in [0.15, 0.2) is 22.0 Å². The van der Waals surface area contributed by atoms with E-state index in [9.17, 15) is 9.59 Å². The molecule has 1 fully saturated rings. The van der Waals surface area contributed by atoms with Crippen molar-refractivity contribution in [1.82, 2.24) is 9.88 Å². The molecule has 34 heavy (non-hydrogen) atoms. The monoisotopic (exact) mass is 453 g/mol. The summed E-state index contributed by atoms with van der Waals surface area (Å²) in [5, 5.41) is 5.16. The number of aromatic nitrogens is 1. The molecule has 4 aromatic carbocycles. The molecule has 2 heterocycles. The van der Waals surface area contributed by atoms with Gasteiger partial charge >= 0.3 is 0 Å². The molecule has 2 N–H and O–H groups in total. The smallest absolute Gasteiger partial charge is 0.196 e. The SMILES string of the molecule is Cc1cccc2oc3cc(NCCCN4CCCC4)c4c(=O)c5ccccc5c(=O)c4c3[nH]c12. The van der Waals surface area contributed by atoms with Gasteiger partial charge in [-0.1, -0.05) is 36.4 Å². The number of H-pyrrole nitrogens is 1. The van der Waals surface area contributed by atoms with Gasteiger partial charge in [0.2, 0.25) is 0 Å². The van der Waals surface area contributed by atoms with Crippen molar-refractivity contribution in [3.05, 3.63) is 74.5 Å². The third kappa shape index (κ3) is 3.37. The van der Waals surface area contributed by atoms with Gasteiger partial charge < -0.3 is 19.6 Å². The summed E-state index contributed by atoms with van der Waals surface area (Å²) in [5.74, 6) is 0. The van der Waals surface area contributed by atoms with Crippen molar-refractivity contribution in [2.45, 2.75) is 26.2 Å². The first-order valence-corrected chi connectivity index (χ1v) is 12.0. The Labute approximate surface area is 196 Å². The molecule has 0 unspecified atom stereocenters. The molecule has 1 saturated heterocycles. The van der Waals surface area contributed by atoms with Crippen LogP contribution in [0, 0.1) is 6.92 Å². The van der Waals surface area contributed by atoms with Gasteiger partial charge in [0.25, 0.3) is 0 Å². The Kier molecular flexibility index (Phi) is 5.11. The van der Waals surface area contributed by atoms with E-state index in [1.807, 2.05) is 31.2 Å². The highest BCUT2D eigenvalue weighted by atomic mass is 16.3. The zero-order chi connectivity index (χ0) is 23.2. The molecule has 0 bridgehead atoms. The number of para-hydroxylation sites is 1. The van der Waals surface area contributed by atoms with Crippen LogP contribution in [0.1, 0.15) is 24.8 Å². The van der Waals surface area contributed by atoms with E-state index >= 15 is 0 Å². The first kappa shape index (κ1) is 20.9. The second-order valence-corrected chi connectivity index (χ2v) is 9.26. The minimum Gasteiger partial charge on any atom is -0.453 e. The summed E-state index contributed by atoms with van der Waals surface area (Å²) < 4.78 is 6.25. The van der Waals surface area contributed by atoms with Crippen molar-refractivity contribution in [1.29, 1.82) is 0 Å². The number of hydrogen-bond acceptors (Lipinski definition) is 5. The highest BCUT2D eigenvalue weighted by molar-refractivity contribution is 6.14. The summed E-state index contributed by atoms with van der Waals surface area (Å²) >= 11 is 0. The molecular weight excluding hydrogens is 426 g/mol. The Morgan fingerprint density at radius 2 is 1.65 bits per heavy atom. The Hall–Kier alpha value is -3.64. The van der Waals surface area contributed by atoms with Crippen LogP contribution >= 0.6 is 0 Å². The van der Waals surface area contributed by atoms with Gasteiger partial charge in [-0.3, -0.25) is 9.59 Å². The lowest BCUT2D eigenvalue weighted by atomic mass is 9.99. The van der Waals surface area contributed by atoms with Gasteiger partial charge in [0, 0.05) is 29.1 Å². The Balaban J connectivity index is 1.58. The minimum atomic E-state index is -0.157. The van der Waals surface area contributed by atoms with Crippen LogP contribution in [0.4, 0.5) is 5.69 Å². The summed E-state index contributed by atoms with van der Waals surface area (Å²) in [6.45, 7) is 6.06. The van der Waals surface area contributed by atoms with E-state index in [1.165, 1.54) is 12.8 Å². The maximum atomic E-state index is 13.7. The molecule has 6 nitrogen and oxygen atoms in total. The zero-order valence-corrected chi connectivity index (χ0v) is 19.2. The number of aryl methyl sites for hydroxylation is 1. The fourth-order valence-electron chi connectivity index (χ4n) is 5.28. The van der Waals surface area contributed by atoms with Crippen LogP contribution in [0.25, 0.3) is 43.7 Å². The van der Waals surface area contributed by atoms with Crippen molar-refractivity contribution in [2.24, 2.45) is 0 Å². The first-order valence-electron chi connectivity index (χ1n) is 12.0. The van der Waals surface area contributed by atoms with Crippen LogP contribution in [0.2, 0.25) is 0 Å². The number of rotatable bonds is 5. The van der Waals surface area contributed by atoms with E-state index < -0.39 is 0 Å². The highest BCUT2D eigenvalue weighted by Gasteiger charge is 2.19. The zero-order valence-electron chi connectivity index (χ0n) is 19.2. The minimum absolute atomic E-state index is 0.132. The number of aromatic amines is 1. The van der Waals surface area contributed by atoms with Crippen molar-refractivity contribution in [3.8, 4) is 0 Å².